The lowest BCUT2D eigenvalue weighted by Gasteiger charge is -2.33. The molecule has 0 N–H and O–H groups in total. The van der Waals surface area contributed by atoms with E-state index in [1.165, 1.54) is 25.0 Å². The number of hydrogen-bond acceptors (Lipinski definition) is 2. The Labute approximate surface area is 90.3 Å². The van der Waals surface area contributed by atoms with Gasteiger partial charge in [-0.2, -0.15) is 11.8 Å². The fraction of sp³-hybridized carbons (Fsp3) is 0.667. The minimum Gasteiger partial charge on any atom is -0.468 e. The van der Waals surface area contributed by atoms with E-state index in [1.54, 1.807) is 6.26 Å². The molecular formula is C12H18OS. The third kappa shape index (κ3) is 2.57. The lowest BCUT2D eigenvalue weighted by atomic mass is 9.74. The summed E-state index contributed by atoms with van der Waals surface area (Å²) in [6, 6.07) is 4.02. The summed E-state index contributed by atoms with van der Waals surface area (Å²) >= 11 is 2.00. The molecule has 2 unspecified atom stereocenters. The molecule has 0 aliphatic heterocycles. The summed E-state index contributed by atoms with van der Waals surface area (Å²) in [4.78, 5) is 0. The second-order valence-corrected chi connectivity index (χ2v) is 5.34. The highest BCUT2D eigenvalue weighted by molar-refractivity contribution is 7.98. The van der Waals surface area contributed by atoms with Crippen LogP contribution in [0.4, 0.5) is 0 Å². The topological polar surface area (TPSA) is 13.1 Å². The van der Waals surface area contributed by atoms with Gasteiger partial charge in [0.2, 0.25) is 0 Å². The minimum absolute atomic E-state index is 0.985. The summed E-state index contributed by atoms with van der Waals surface area (Å²) in [5, 5.41) is 0. The number of furan rings is 1. The SMILES string of the molecule is CC1CCC1CCSCc1ccco1. The second kappa shape index (κ2) is 4.92. The van der Waals surface area contributed by atoms with Gasteiger partial charge in [0.15, 0.2) is 0 Å². The van der Waals surface area contributed by atoms with Crippen molar-refractivity contribution in [1.82, 2.24) is 0 Å². The molecule has 1 nitrogen and oxygen atoms in total. The summed E-state index contributed by atoms with van der Waals surface area (Å²) in [5.74, 6) is 5.43. The molecule has 0 aromatic carbocycles. The standard InChI is InChI=1S/C12H18OS/c1-10-4-5-11(10)6-8-14-9-12-3-2-7-13-12/h2-3,7,10-11H,4-6,8-9H2,1H3. The highest BCUT2D eigenvalue weighted by atomic mass is 32.2. The van der Waals surface area contributed by atoms with Crippen molar-refractivity contribution in [2.75, 3.05) is 5.75 Å². The van der Waals surface area contributed by atoms with Gasteiger partial charge in [0.1, 0.15) is 5.76 Å². The molecule has 1 fully saturated rings. The predicted molar refractivity (Wildman–Crippen MR) is 61.4 cm³/mol. The molecule has 0 amide bonds. The Kier molecular flexibility index (Phi) is 3.57. The number of hydrogen-bond donors (Lipinski definition) is 0. The molecule has 2 atom stereocenters. The van der Waals surface area contributed by atoms with E-state index in [0.29, 0.717) is 0 Å². The molecule has 78 valence electrons. The first-order chi connectivity index (χ1) is 6.86. The van der Waals surface area contributed by atoms with Gasteiger partial charge in [-0.25, -0.2) is 0 Å². The molecule has 0 saturated heterocycles. The van der Waals surface area contributed by atoms with Crippen molar-refractivity contribution >= 4 is 11.8 Å². The molecule has 1 aromatic heterocycles. The molecule has 1 aliphatic rings. The van der Waals surface area contributed by atoms with Crippen molar-refractivity contribution in [1.29, 1.82) is 0 Å². The minimum atomic E-state index is 0.985. The van der Waals surface area contributed by atoms with Crippen LogP contribution in [0.2, 0.25) is 0 Å². The van der Waals surface area contributed by atoms with Gasteiger partial charge in [-0.1, -0.05) is 13.3 Å². The number of thioether (sulfide) groups is 1. The van der Waals surface area contributed by atoms with E-state index in [9.17, 15) is 0 Å². The monoisotopic (exact) mass is 210 g/mol. The Morgan fingerprint density at radius 1 is 1.50 bits per heavy atom. The Balaban J connectivity index is 1.55. The normalized spacial score (nSPS) is 26.1. The van der Waals surface area contributed by atoms with Crippen LogP contribution >= 0.6 is 11.8 Å². The van der Waals surface area contributed by atoms with Crippen LogP contribution in [-0.2, 0) is 5.75 Å². The summed E-state index contributed by atoms with van der Waals surface area (Å²) < 4.78 is 5.28. The average Bonchev–Trinajstić information content (AvgIpc) is 2.68. The molecule has 1 aliphatic carbocycles. The van der Waals surface area contributed by atoms with Gasteiger partial charge in [0, 0.05) is 0 Å². The van der Waals surface area contributed by atoms with Crippen LogP contribution in [0.15, 0.2) is 22.8 Å². The lowest BCUT2D eigenvalue weighted by Crippen LogP contribution is -2.23. The fourth-order valence-electron chi connectivity index (χ4n) is 1.97. The molecule has 0 spiro atoms. The van der Waals surface area contributed by atoms with E-state index in [4.69, 9.17) is 4.42 Å². The van der Waals surface area contributed by atoms with Gasteiger partial charge in [-0.05, 0) is 42.6 Å². The van der Waals surface area contributed by atoms with E-state index >= 15 is 0 Å². The van der Waals surface area contributed by atoms with Crippen LogP contribution in [0.1, 0.15) is 31.9 Å². The molecule has 0 radical (unpaired) electrons. The predicted octanol–water partition coefficient (Wildman–Crippen LogP) is 3.95. The van der Waals surface area contributed by atoms with Crippen molar-refractivity contribution < 1.29 is 4.42 Å². The van der Waals surface area contributed by atoms with Crippen LogP contribution in [0.3, 0.4) is 0 Å². The van der Waals surface area contributed by atoms with Crippen LogP contribution in [-0.4, -0.2) is 5.75 Å². The van der Waals surface area contributed by atoms with Gasteiger partial charge in [0.05, 0.1) is 12.0 Å². The van der Waals surface area contributed by atoms with Gasteiger partial charge in [-0.15, -0.1) is 0 Å². The van der Waals surface area contributed by atoms with Crippen molar-refractivity contribution in [3.8, 4) is 0 Å². The molecule has 2 heteroatoms. The van der Waals surface area contributed by atoms with Crippen LogP contribution in [0, 0.1) is 11.8 Å². The molecule has 0 bridgehead atoms. The van der Waals surface area contributed by atoms with Gasteiger partial charge >= 0.3 is 0 Å². The van der Waals surface area contributed by atoms with Crippen LogP contribution < -0.4 is 0 Å². The lowest BCUT2D eigenvalue weighted by molar-refractivity contribution is 0.192. The summed E-state index contributed by atoms with van der Waals surface area (Å²) in [5.41, 5.74) is 0. The smallest absolute Gasteiger partial charge is 0.113 e. The van der Waals surface area contributed by atoms with E-state index in [0.717, 1.165) is 23.3 Å². The Hall–Kier alpha value is -0.370. The Morgan fingerprint density at radius 3 is 3.00 bits per heavy atom. The maximum absolute atomic E-state index is 5.28. The van der Waals surface area contributed by atoms with Crippen molar-refractivity contribution in [3.63, 3.8) is 0 Å². The zero-order valence-electron chi connectivity index (χ0n) is 8.74. The molecule has 14 heavy (non-hydrogen) atoms. The van der Waals surface area contributed by atoms with Gasteiger partial charge < -0.3 is 4.42 Å². The summed E-state index contributed by atoms with van der Waals surface area (Å²) in [7, 11) is 0. The quantitative estimate of drug-likeness (QED) is 0.683. The number of rotatable bonds is 5. The van der Waals surface area contributed by atoms with Gasteiger partial charge in [-0.3, -0.25) is 0 Å². The zero-order valence-corrected chi connectivity index (χ0v) is 9.56. The maximum Gasteiger partial charge on any atom is 0.113 e. The van der Waals surface area contributed by atoms with Crippen molar-refractivity contribution in [2.24, 2.45) is 11.8 Å². The van der Waals surface area contributed by atoms with Crippen LogP contribution in [0.25, 0.3) is 0 Å². The van der Waals surface area contributed by atoms with Crippen molar-refractivity contribution in [3.05, 3.63) is 24.2 Å². The molecule has 1 saturated carbocycles. The van der Waals surface area contributed by atoms with Gasteiger partial charge in [0.25, 0.3) is 0 Å². The third-order valence-corrected chi connectivity index (χ3v) is 4.27. The van der Waals surface area contributed by atoms with E-state index in [1.807, 2.05) is 17.8 Å². The third-order valence-electron chi connectivity index (χ3n) is 3.25. The van der Waals surface area contributed by atoms with Crippen LogP contribution in [0.5, 0.6) is 0 Å². The molecular weight excluding hydrogens is 192 g/mol. The summed E-state index contributed by atoms with van der Waals surface area (Å²) in [6.07, 6.45) is 6.06. The Morgan fingerprint density at radius 2 is 2.43 bits per heavy atom. The first-order valence-electron chi connectivity index (χ1n) is 5.46. The largest absolute Gasteiger partial charge is 0.468 e. The first-order valence-corrected chi connectivity index (χ1v) is 6.62. The van der Waals surface area contributed by atoms with E-state index in [2.05, 4.69) is 13.0 Å². The maximum atomic E-state index is 5.28. The average molecular weight is 210 g/mol. The highest BCUT2D eigenvalue weighted by Crippen LogP contribution is 2.36. The molecule has 1 heterocycles. The summed E-state index contributed by atoms with van der Waals surface area (Å²) in [6.45, 7) is 2.38. The Bertz CT molecular complexity index is 255. The fourth-order valence-corrected chi connectivity index (χ4v) is 2.95. The second-order valence-electron chi connectivity index (χ2n) is 4.24. The molecule has 1 aromatic rings. The zero-order chi connectivity index (χ0) is 9.80. The van der Waals surface area contributed by atoms with E-state index in [-0.39, 0.29) is 0 Å². The highest BCUT2D eigenvalue weighted by Gasteiger charge is 2.25. The van der Waals surface area contributed by atoms with E-state index < -0.39 is 0 Å². The molecule has 2 rings (SSSR count). The van der Waals surface area contributed by atoms with Crippen molar-refractivity contribution in [2.45, 2.75) is 31.9 Å². The first kappa shape index (κ1) is 10.2.